The molecule has 0 aliphatic heterocycles. The standard InChI is InChI=1S/C14H13N3O2S/c18-13(15-7-6-9-3-2-8-20-9)10-4-1-5-11-12(10)17-14(19)16-11/h1-5,8H,6-7H2,(H,15,18)(H2,16,17,19). The van der Waals surface area contributed by atoms with Gasteiger partial charge in [-0.1, -0.05) is 12.1 Å². The van der Waals surface area contributed by atoms with Crippen LogP contribution in [-0.4, -0.2) is 22.4 Å². The lowest BCUT2D eigenvalue weighted by atomic mass is 10.1. The van der Waals surface area contributed by atoms with Crippen LogP contribution >= 0.6 is 11.3 Å². The number of H-pyrrole nitrogens is 2. The van der Waals surface area contributed by atoms with E-state index in [1.54, 1.807) is 29.5 Å². The van der Waals surface area contributed by atoms with Crippen molar-refractivity contribution in [3.8, 4) is 0 Å². The van der Waals surface area contributed by atoms with Gasteiger partial charge in [0.25, 0.3) is 5.91 Å². The van der Waals surface area contributed by atoms with Crippen LogP contribution in [0.2, 0.25) is 0 Å². The third-order valence-corrected chi connectivity index (χ3v) is 3.97. The molecule has 0 spiro atoms. The minimum Gasteiger partial charge on any atom is -0.352 e. The van der Waals surface area contributed by atoms with E-state index in [0.29, 0.717) is 23.1 Å². The van der Waals surface area contributed by atoms with Crippen molar-refractivity contribution in [2.45, 2.75) is 6.42 Å². The summed E-state index contributed by atoms with van der Waals surface area (Å²) in [5, 5.41) is 4.89. The second kappa shape index (κ2) is 5.34. The molecule has 3 aromatic rings. The lowest BCUT2D eigenvalue weighted by Gasteiger charge is -2.05. The van der Waals surface area contributed by atoms with Crippen LogP contribution in [0.15, 0.2) is 40.5 Å². The Labute approximate surface area is 118 Å². The summed E-state index contributed by atoms with van der Waals surface area (Å²) < 4.78 is 0. The molecule has 2 aromatic heterocycles. The Morgan fingerprint density at radius 1 is 1.20 bits per heavy atom. The third kappa shape index (κ3) is 2.50. The van der Waals surface area contributed by atoms with Crippen LogP contribution in [0.25, 0.3) is 11.0 Å². The van der Waals surface area contributed by atoms with Crippen molar-refractivity contribution in [3.63, 3.8) is 0 Å². The van der Waals surface area contributed by atoms with Crippen LogP contribution in [0.1, 0.15) is 15.2 Å². The zero-order valence-electron chi connectivity index (χ0n) is 10.6. The maximum Gasteiger partial charge on any atom is 0.323 e. The normalized spacial score (nSPS) is 10.8. The lowest BCUT2D eigenvalue weighted by molar-refractivity contribution is 0.0955. The molecule has 0 fully saturated rings. The number of carbonyl (C=O) groups excluding carboxylic acids is 1. The van der Waals surface area contributed by atoms with Gasteiger partial charge in [0.1, 0.15) is 0 Å². The fourth-order valence-corrected chi connectivity index (χ4v) is 2.81. The number of aromatic nitrogens is 2. The number of imidazole rings is 1. The number of carbonyl (C=O) groups is 1. The zero-order valence-corrected chi connectivity index (χ0v) is 11.4. The van der Waals surface area contributed by atoms with Crippen molar-refractivity contribution in [2.24, 2.45) is 0 Å². The molecule has 3 rings (SSSR count). The van der Waals surface area contributed by atoms with Gasteiger partial charge in [0.15, 0.2) is 0 Å². The molecule has 20 heavy (non-hydrogen) atoms. The monoisotopic (exact) mass is 287 g/mol. The minimum atomic E-state index is -0.307. The number of amides is 1. The van der Waals surface area contributed by atoms with E-state index < -0.39 is 0 Å². The molecule has 0 aliphatic rings. The third-order valence-electron chi connectivity index (χ3n) is 3.03. The molecule has 0 saturated heterocycles. The van der Waals surface area contributed by atoms with Gasteiger partial charge in [-0.3, -0.25) is 4.79 Å². The summed E-state index contributed by atoms with van der Waals surface area (Å²) in [6.45, 7) is 0.574. The van der Waals surface area contributed by atoms with E-state index in [9.17, 15) is 9.59 Å². The first kappa shape index (κ1) is 12.7. The predicted molar refractivity (Wildman–Crippen MR) is 79.3 cm³/mol. The summed E-state index contributed by atoms with van der Waals surface area (Å²) in [6, 6.07) is 9.25. The number of hydrogen-bond donors (Lipinski definition) is 3. The SMILES string of the molecule is O=C(NCCc1cccs1)c1cccc2[nH]c(=O)[nH]c12. The number of hydrogen-bond acceptors (Lipinski definition) is 3. The molecule has 0 unspecified atom stereocenters. The molecule has 6 heteroatoms. The van der Waals surface area contributed by atoms with E-state index in [0.717, 1.165) is 6.42 Å². The number of aromatic amines is 2. The first-order chi connectivity index (χ1) is 9.74. The van der Waals surface area contributed by atoms with Gasteiger partial charge in [-0.2, -0.15) is 0 Å². The summed E-state index contributed by atoms with van der Waals surface area (Å²) in [6.07, 6.45) is 0.809. The maximum absolute atomic E-state index is 12.2. The molecule has 0 bridgehead atoms. The highest BCUT2D eigenvalue weighted by molar-refractivity contribution is 7.09. The first-order valence-corrected chi connectivity index (χ1v) is 7.13. The molecule has 0 saturated carbocycles. The molecule has 0 aliphatic carbocycles. The Hall–Kier alpha value is -2.34. The number of nitrogens with one attached hydrogen (secondary N) is 3. The lowest BCUT2D eigenvalue weighted by Crippen LogP contribution is -2.25. The van der Waals surface area contributed by atoms with Crippen molar-refractivity contribution in [1.82, 2.24) is 15.3 Å². The largest absolute Gasteiger partial charge is 0.352 e. The minimum absolute atomic E-state index is 0.178. The average molecular weight is 287 g/mol. The molecule has 0 atom stereocenters. The summed E-state index contributed by atoms with van der Waals surface area (Å²) in [4.78, 5) is 30.0. The summed E-state index contributed by atoms with van der Waals surface area (Å²) in [5.74, 6) is -0.178. The predicted octanol–water partition coefficient (Wildman–Crippen LogP) is 1.89. The highest BCUT2D eigenvalue weighted by Crippen LogP contribution is 2.13. The number of benzene rings is 1. The summed E-state index contributed by atoms with van der Waals surface area (Å²) in [5.41, 5.74) is 1.36. The van der Waals surface area contributed by atoms with Gasteiger partial charge in [-0.25, -0.2) is 4.79 Å². The number of thiophene rings is 1. The average Bonchev–Trinajstić information content (AvgIpc) is 3.05. The highest BCUT2D eigenvalue weighted by Gasteiger charge is 2.11. The molecular formula is C14H13N3O2S. The van der Waals surface area contributed by atoms with Gasteiger partial charge < -0.3 is 15.3 Å². The summed E-state index contributed by atoms with van der Waals surface area (Å²) in [7, 11) is 0. The quantitative estimate of drug-likeness (QED) is 0.685. The molecule has 3 N–H and O–H groups in total. The fraction of sp³-hybridized carbons (Fsp3) is 0.143. The van der Waals surface area contributed by atoms with E-state index in [1.807, 2.05) is 17.5 Å². The number of fused-ring (bicyclic) bond motifs is 1. The molecule has 0 radical (unpaired) electrons. The highest BCUT2D eigenvalue weighted by atomic mass is 32.1. The molecule has 5 nitrogen and oxygen atoms in total. The van der Waals surface area contributed by atoms with Crippen molar-refractivity contribution >= 4 is 28.3 Å². The van der Waals surface area contributed by atoms with Crippen LogP contribution in [-0.2, 0) is 6.42 Å². The van der Waals surface area contributed by atoms with Gasteiger partial charge in [-0.15, -0.1) is 11.3 Å². The van der Waals surface area contributed by atoms with Crippen LogP contribution in [0.5, 0.6) is 0 Å². The van der Waals surface area contributed by atoms with Crippen molar-refractivity contribution < 1.29 is 4.79 Å². The van der Waals surface area contributed by atoms with Crippen LogP contribution in [0.4, 0.5) is 0 Å². The summed E-state index contributed by atoms with van der Waals surface area (Å²) >= 11 is 1.67. The Bertz CT molecular complexity index is 786. The topological polar surface area (TPSA) is 77.8 Å². The molecular weight excluding hydrogens is 274 g/mol. The Morgan fingerprint density at radius 2 is 2.10 bits per heavy atom. The molecule has 102 valence electrons. The molecule has 2 heterocycles. The Kier molecular flexibility index (Phi) is 3.39. The fourth-order valence-electron chi connectivity index (χ4n) is 2.10. The van der Waals surface area contributed by atoms with Gasteiger partial charge in [0.2, 0.25) is 0 Å². The zero-order chi connectivity index (χ0) is 13.9. The maximum atomic E-state index is 12.2. The van der Waals surface area contributed by atoms with E-state index in [4.69, 9.17) is 0 Å². The van der Waals surface area contributed by atoms with Crippen LogP contribution in [0, 0.1) is 0 Å². The van der Waals surface area contributed by atoms with Gasteiger partial charge in [-0.05, 0) is 30.0 Å². The van der Waals surface area contributed by atoms with Crippen LogP contribution in [0.3, 0.4) is 0 Å². The van der Waals surface area contributed by atoms with Crippen molar-refractivity contribution in [1.29, 1.82) is 0 Å². The Morgan fingerprint density at radius 3 is 2.90 bits per heavy atom. The second-order valence-electron chi connectivity index (χ2n) is 4.39. The Balaban J connectivity index is 1.73. The van der Waals surface area contributed by atoms with Crippen LogP contribution < -0.4 is 11.0 Å². The van der Waals surface area contributed by atoms with Gasteiger partial charge in [0, 0.05) is 11.4 Å². The van der Waals surface area contributed by atoms with Crippen molar-refractivity contribution in [2.75, 3.05) is 6.54 Å². The molecule has 1 aromatic carbocycles. The van der Waals surface area contributed by atoms with E-state index in [1.165, 1.54) is 4.88 Å². The second-order valence-corrected chi connectivity index (χ2v) is 5.42. The van der Waals surface area contributed by atoms with Gasteiger partial charge in [0.05, 0.1) is 16.6 Å². The van der Waals surface area contributed by atoms with Crippen molar-refractivity contribution in [3.05, 3.63) is 56.6 Å². The first-order valence-electron chi connectivity index (χ1n) is 6.25. The number of rotatable bonds is 4. The number of para-hydroxylation sites is 1. The smallest absolute Gasteiger partial charge is 0.323 e. The molecule has 1 amide bonds. The van der Waals surface area contributed by atoms with E-state index in [2.05, 4.69) is 15.3 Å². The van der Waals surface area contributed by atoms with E-state index >= 15 is 0 Å². The van der Waals surface area contributed by atoms with E-state index in [-0.39, 0.29) is 11.6 Å². The van der Waals surface area contributed by atoms with Gasteiger partial charge >= 0.3 is 5.69 Å².